The van der Waals surface area contributed by atoms with Gasteiger partial charge in [0.2, 0.25) is 5.91 Å². The van der Waals surface area contributed by atoms with Crippen LogP contribution < -0.4 is 0 Å². The summed E-state index contributed by atoms with van der Waals surface area (Å²) in [5.74, 6) is 0.0853. The van der Waals surface area contributed by atoms with E-state index in [1.165, 1.54) is 5.56 Å². The zero-order valence-electron chi connectivity index (χ0n) is 12.1. The highest BCUT2D eigenvalue weighted by atomic mass is 16.5. The van der Waals surface area contributed by atoms with E-state index in [1.54, 1.807) is 0 Å². The van der Waals surface area contributed by atoms with E-state index >= 15 is 0 Å². The summed E-state index contributed by atoms with van der Waals surface area (Å²) in [5.41, 5.74) is 2.34. The van der Waals surface area contributed by atoms with Crippen molar-refractivity contribution in [3.8, 4) is 0 Å². The molecule has 2 atom stereocenters. The van der Waals surface area contributed by atoms with Crippen molar-refractivity contribution in [2.75, 3.05) is 26.7 Å². The van der Waals surface area contributed by atoms with Gasteiger partial charge in [-0.25, -0.2) is 0 Å². The van der Waals surface area contributed by atoms with E-state index in [-0.39, 0.29) is 24.7 Å². The number of rotatable bonds is 2. The molecule has 3 heterocycles. The molecule has 0 N–H and O–H groups in total. The maximum Gasteiger partial charge on any atom is 0.248 e. The van der Waals surface area contributed by atoms with Crippen LogP contribution in [0.1, 0.15) is 17.7 Å². The number of piperidine rings is 1. The Hall–Kier alpha value is -1.46. The number of ether oxygens (including phenoxy) is 1. The number of carbonyl (C=O) groups is 1. The molecule has 20 heavy (non-hydrogen) atoms. The van der Waals surface area contributed by atoms with Crippen LogP contribution in [0.4, 0.5) is 0 Å². The molecule has 108 valence electrons. The van der Waals surface area contributed by atoms with Gasteiger partial charge in [0.25, 0.3) is 0 Å². The standard InChI is InChI=1S/C15H21N3O2/c1-11-4-3-6-16-12(11)8-18-7-5-14-13(9-18)17(2)15(19)10-20-14/h3-4,6,13-14H,5,7-10H2,1-2H3/t13-,14-/m0/s1. The number of likely N-dealkylation sites (tertiary alicyclic amines) is 1. The normalized spacial score (nSPS) is 27.5. The number of carbonyl (C=O) groups excluding carboxylic acids is 1. The minimum atomic E-state index is 0.0853. The van der Waals surface area contributed by atoms with E-state index in [0.717, 1.165) is 31.7 Å². The first-order chi connectivity index (χ1) is 9.65. The Morgan fingerprint density at radius 3 is 3.15 bits per heavy atom. The van der Waals surface area contributed by atoms with Gasteiger partial charge < -0.3 is 9.64 Å². The van der Waals surface area contributed by atoms with Gasteiger partial charge >= 0.3 is 0 Å². The quantitative estimate of drug-likeness (QED) is 0.802. The fourth-order valence-electron chi connectivity index (χ4n) is 3.05. The molecule has 2 fully saturated rings. The van der Waals surface area contributed by atoms with Gasteiger partial charge in [0, 0.05) is 32.9 Å². The molecule has 1 amide bonds. The molecule has 3 rings (SSSR count). The summed E-state index contributed by atoms with van der Waals surface area (Å²) in [6.07, 6.45) is 3.02. The van der Waals surface area contributed by atoms with E-state index in [2.05, 4.69) is 22.9 Å². The summed E-state index contributed by atoms with van der Waals surface area (Å²) in [5, 5.41) is 0. The zero-order valence-corrected chi connectivity index (χ0v) is 12.1. The minimum Gasteiger partial charge on any atom is -0.366 e. The monoisotopic (exact) mass is 275 g/mol. The van der Waals surface area contributed by atoms with Gasteiger partial charge in [-0.1, -0.05) is 6.07 Å². The number of hydrogen-bond acceptors (Lipinski definition) is 4. The number of aromatic nitrogens is 1. The van der Waals surface area contributed by atoms with Crippen LogP contribution in [-0.2, 0) is 16.1 Å². The van der Waals surface area contributed by atoms with Crippen molar-refractivity contribution >= 4 is 5.91 Å². The molecular formula is C15H21N3O2. The number of amides is 1. The van der Waals surface area contributed by atoms with Crippen LogP contribution in [-0.4, -0.2) is 59.6 Å². The summed E-state index contributed by atoms with van der Waals surface area (Å²) in [6, 6.07) is 4.23. The molecule has 1 aromatic heterocycles. The Morgan fingerprint density at radius 2 is 2.35 bits per heavy atom. The maximum atomic E-state index is 11.7. The number of hydrogen-bond donors (Lipinski definition) is 0. The van der Waals surface area contributed by atoms with Crippen molar-refractivity contribution in [3.05, 3.63) is 29.6 Å². The molecule has 0 saturated carbocycles. The molecule has 5 nitrogen and oxygen atoms in total. The molecule has 0 unspecified atom stereocenters. The van der Waals surface area contributed by atoms with Gasteiger partial charge in [0.15, 0.2) is 0 Å². The second-order valence-electron chi connectivity index (χ2n) is 5.71. The Kier molecular flexibility index (Phi) is 3.72. The lowest BCUT2D eigenvalue weighted by molar-refractivity contribution is -0.160. The SMILES string of the molecule is Cc1cccnc1CN1CC[C@@H]2OCC(=O)N(C)[C@H]2C1. The lowest BCUT2D eigenvalue weighted by Crippen LogP contribution is -2.60. The predicted octanol–water partition coefficient (Wildman–Crippen LogP) is 0.822. The van der Waals surface area contributed by atoms with Gasteiger partial charge in [0.1, 0.15) is 6.61 Å². The first-order valence-corrected chi connectivity index (χ1v) is 7.15. The van der Waals surface area contributed by atoms with Gasteiger partial charge in [0.05, 0.1) is 17.8 Å². The Bertz CT molecular complexity index is 506. The summed E-state index contributed by atoms with van der Waals surface area (Å²) in [6.45, 7) is 5.03. The molecule has 2 aliphatic heterocycles. The summed E-state index contributed by atoms with van der Waals surface area (Å²) in [7, 11) is 1.89. The van der Waals surface area contributed by atoms with Gasteiger partial charge in [-0.2, -0.15) is 0 Å². The smallest absolute Gasteiger partial charge is 0.248 e. The Morgan fingerprint density at radius 1 is 1.50 bits per heavy atom. The molecule has 2 aliphatic rings. The summed E-state index contributed by atoms with van der Waals surface area (Å²) < 4.78 is 5.65. The van der Waals surface area contributed by atoms with E-state index < -0.39 is 0 Å². The van der Waals surface area contributed by atoms with E-state index in [0.29, 0.717) is 0 Å². The number of aryl methyl sites for hydroxylation is 1. The van der Waals surface area contributed by atoms with E-state index in [1.807, 2.05) is 24.2 Å². The highest BCUT2D eigenvalue weighted by Gasteiger charge is 2.38. The Labute approximate surface area is 119 Å². The fraction of sp³-hybridized carbons (Fsp3) is 0.600. The Balaban J connectivity index is 1.68. The predicted molar refractivity (Wildman–Crippen MR) is 75.2 cm³/mol. The highest BCUT2D eigenvalue weighted by molar-refractivity contribution is 5.78. The molecule has 0 spiro atoms. The largest absolute Gasteiger partial charge is 0.366 e. The number of pyridine rings is 1. The van der Waals surface area contributed by atoms with Crippen LogP contribution in [0.5, 0.6) is 0 Å². The molecule has 0 radical (unpaired) electrons. The lowest BCUT2D eigenvalue weighted by atomic mass is 9.98. The molecule has 2 saturated heterocycles. The van der Waals surface area contributed by atoms with Crippen molar-refractivity contribution in [1.82, 2.24) is 14.8 Å². The number of nitrogens with zero attached hydrogens (tertiary/aromatic N) is 3. The topological polar surface area (TPSA) is 45.7 Å². The molecule has 5 heteroatoms. The van der Waals surface area contributed by atoms with Crippen molar-refractivity contribution < 1.29 is 9.53 Å². The van der Waals surface area contributed by atoms with Crippen LogP contribution in [0.25, 0.3) is 0 Å². The number of fused-ring (bicyclic) bond motifs is 1. The maximum absolute atomic E-state index is 11.7. The van der Waals surface area contributed by atoms with Crippen LogP contribution >= 0.6 is 0 Å². The van der Waals surface area contributed by atoms with Crippen molar-refractivity contribution in [1.29, 1.82) is 0 Å². The number of likely N-dealkylation sites (N-methyl/N-ethyl adjacent to an activating group) is 1. The molecule has 0 bridgehead atoms. The average Bonchev–Trinajstić information content (AvgIpc) is 2.46. The fourth-order valence-corrected chi connectivity index (χ4v) is 3.05. The van der Waals surface area contributed by atoms with Crippen molar-refractivity contribution in [2.45, 2.75) is 32.0 Å². The van der Waals surface area contributed by atoms with Gasteiger partial charge in [-0.3, -0.25) is 14.7 Å². The van der Waals surface area contributed by atoms with Gasteiger partial charge in [-0.15, -0.1) is 0 Å². The summed E-state index contributed by atoms with van der Waals surface area (Å²) >= 11 is 0. The second kappa shape index (κ2) is 5.50. The van der Waals surface area contributed by atoms with Crippen LogP contribution in [0.3, 0.4) is 0 Å². The third-order valence-corrected chi connectivity index (χ3v) is 4.41. The molecule has 0 aliphatic carbocycles. The van der Waals surface area contributed by atoms with E-state index in [9.17, 15) is 4.79 Å². The minimum absolute atomic E-state index is 0.0853. The summed E-state index contributed by atoms with van der Waals surface area (Å²) in [4.78, 5) is 20.4. The third-order valence-electron chi connectivity index (χ3n) is 4.41. The van der Waals surface area contributed by atoms with Crippen LogP contribution in [0.2, 0.25) is 0 Å². The first-order valence-electron chi connectivity index (χ1n) is 7.15. The van der Waals surface area contributed by atoms with Crippen LogP contribution in [0.15, 0.2) is 18.3 Å². The first kappa shape index (κ1) is 13.5. The van der Waals surface area contributed by atoms with Crippen molar-refractivity contribution in [2.24, 2.45) is 0 Å². The average molecular weight is 275 g/mol. The second-order valence-corrected chi connectivity index (χ2v) is 5.71. The molecule has 1 aromatic rings. The zero-order chi connectivity index (χ0) is 14.1. The highest BCUT2D eigenvalue weighted by Crippen LogP contribution is 2.23. The van der Waals surface area contributed by atoms with Crippen LogP contribution in [0, 0.1) is 6.92 Å². The lowest BCUT2D eigenvalue weighted by Gasteiger charge is -2.45. The van der Waals surface area contributed by atoms with Crippen molar-refractivity contribution in [3.63, 3.8) is 0 Å². The third kappa shape index (κ3) is 2.55. The van der Waals surface area contributed by atoms with Gasteiger partial charge in [-0.05, 0) is 25.0 Å². The molecular weight excluding hydrogens is 254 g/mol. The van der Waals surface area contributed by atoms with E-state index in [4.69, 9.17) is 4.74 Å². The number of morpholine rings is 1. The molecule has 0 aromatic carbocycles.